The summed E-state index contributed by atoms with van der Waals surface area (Å²) in [6, 6.07) is 20.5. The number of hydrazine groups is 1. The summed E-state index contributed by atoms with van der Waals surface area (Å²) >= 11 is 0. The maximum absolute atomic E-state index is 14.0. The van der Waals surface area contributed by atoms with Gasteiger partial charge in [-0.3, -0.25) is 10.2 Å². The van der Waals surface area contributed by atoms with Crippen LogP contribution < -0.4 is 25.1 Å². The molecule has 1 amide bonds. The van der Waals surface area contributed by atoms with E-state index in [4.69, 9.17) is 34.6 Å². The Labute approximate surface area is 256 Å². The van der Waals surface area contributed by atoms with E-state index in [0.29, 0.717) is 54.7 Å². The molecule has 0 radical (unpaired) electrons. The summed E-state index contributed by atoms with van der Waals surface area (Å²) in [5.41, 5.74) is 16.8. The molecule has 12 heteroatoms. The van der Waals surface area contributed by atoms with Crippen molar-refractivity contribution in [3.05, 3.63) is 99.4 Å². The first-order valence-electron chi connectivity index (χ1n) is 14.4. The number of ether oxygens (including phenoxy) is 4. The van der Waals surface area contributed by atoms with Crippen LogP contribution in [0, 0.1) is 0 Å². The lowest BCUT2D eigenvalue weighted by molar-refractivity contribution is -0.129. The number of nitrogens with one attached hydrogen (secondary N) is 2. The molecule has 1 aliphatic rings. The topological polar surface area (TPSA) is 159 Å². The molecule has 0 bridgehead atoms. The van der Waals surface area contributed by atoms with Gasteiger partial charge in [-0.15, -0.1) is 0 Å². The van der Waals surface area contributed by atoms with Crippen molar-refractivity contribution >= 4 is 11.8 Å². The number of benzene rings is 3. The zero-order valence-corrected chi connectivity index (χ0v) is 25.2. The first-order chi connectivity index (χ1) is 21.4. The molecule has 2 atom stereocenters. The normalized spacial score (nSPS) is 17.2. The van der Waals surface area contributed by atoms with Crippen molar-refractivity contribution in [2.45, 2.75) is 44.4 Å². The Hall–Kier alpha value is -4.77. The molecule has 3 aromatic carbocycles. The number of rotatable bonds is 16. The van der Waals surface area contributed by atoms with Gasteiger partial charge in [-0.25, -0.2) is 10.4 Å². The van der Waals surface area contributed by atoms with E-state index in [1.54, 1.807) is 26.4 Å². The van der Waals surface area contributed by atoms with Crippen LogP contribution in [-0.2, 0) is 28.9 Å². The molecule has 0 spiro atoms. The number of methoxy groups -OCH3 is 2. The number of hydrogen-bond acceptors (Lipinski definition) is 9. The zero-order chi connectivity index (χ0) is 31.4. The van der Waals surface area contributed by atoms with Crippen LogP contribution in [0.15, 0.2) is 76.8 Å². The molecule has 0 unspecified atom stereocenters. The van der Waals surface area contributed by atoms with Crippen molar-refractivity contribution in [3.8, 4) is 17.2 Å². The van der Waals surface area contributed by atoms with Gasteiger partial charge < -0.3 is 24.1 Å². The van der Waals surface area contributed by atoms with Gasteiger partial charge >= 0.3 is 0 Å². The number of nitrogens with zero attached hydrogens (tertiary/aromatic N) is 4. The third-order valence-corrected chi connectivity index (χ3v) is 7.40. The molecule has 3 N–H and O–H groups in total. The fourth-order valence-electron chi connectivity index (χ4n) is 4.92. The zero-order valence-electron chi connectivity index (χ0n) is 25.2. The number of azide groups is 1. The quantitative estimate of drug-likeness (QED) is 0.0725. The lowest BCUT2D eigenvalue weighted by atomic mass is 9.84. The summed E-state index contributed by atoms with van der Waals surface area (Å²) in [7, 11) is 3.18. The molecular formula is C32H38N6O6. The van der Waals surface area contributed by atoms with Gasteiger partial charge in [-0.2, -0.15) is 0 Å². The molecule has 0 aromatic heterocycles. The maximum Gasteiger partial charge on any atom is 0.266 e. The van der Waals surface area contributed by atoms with Crippen LogP contribution in [-0.4, -0.2) is 62.5 Å². The SMILES string of the molecule is COc1ccc(CCNNC(=O)[C@@]2(Cc3ccccc3CN=[N+]=[N-])N=C(c3ccc(OCCCO)cc3)O[C@H]2C)cc1OC. The molecule has 3 aromatic rings. The minimum Gasteiger partial charge on any atom is -0.494 e. The van der Waals surface area contributed by atoms with Crippen LogP contribution in [0.25, 0.3) is 10.4 Å². The summed E-state index contributed by atoms with van der Waals surface area (Å²) in [5, 5.41) is 12.7. The summed E-state index contributed by atoms with van der Waals surface area (Å²) in [5.74, 6) is 1.93. The molecular weight excluding hydrogens is 564 g/mol. The third-order valence-electron chi connectivity index (χ3n) is 7.40. The van der Waals surface area contributed by atoms with Crippen LogP contribution in [0.3, 0.4) is 0 Å². The van der Waals surface area contributed by atoms with Crippen molar-refractivity contribution in [2.75, 3.05) is 34.0 Å². The smallest absolute Gasteiger partial charge is 0.266 e. The van der Waals surface area contributed by atoms with Gasteiger partial charge in [0, 0.05) is 36.5 Å². The minimum atomic E-state index is -1.31. The standard InChI is InChI=1S/C32H38N6O6/c1-22-32(20-25-7-4-5-8-26(25)21-35-38-33,36-30(44-22)24-10-12-27(13-11-24)43-18-6-17-39)31(40)37-34-16-15-23-9-14-28(41-2)29(19-23)42-3/h4-5,7-14,19,22,34,39H,6,15-18,20-21H2,1-3H3,(H,37,40)/t22-,32-/m0/s1. The van der Waals surface area contributed by atoms with Gasteiger partial charge in [-0.05, 0) is 72.0 Å². The Bertz CT molecular complexity index is 1490. The number of aliphatic hydroxyl groups excluding tert-OH is 1. The highest BCUT2D eigenvalue weighted by molar-refractivity contribution is 6.00. The van der Waals surface area contributed by atoms with E-state index in [1.807, 2.05) is 61.5 Å². The van der Waals surface area contributed by atoms with Crippen molar-refractivity contribution < 1.29 is 28.8 Å². The maximum atomic E-state index is 14.0. The first kappa shape index (κ1) is 32.2. The number of hydrogen-bond donors (Lipinski definition) is 3. The highest BCUT2D eigenvalue weighted by Gasteiger charge is 2.50. The van der Waals surface area contributed by atoms with E-state index in [0.717, 1.165) is 16.7 Å². The van der Waals surface area contributed by atoms with Gasteiger partial charge in [0.25, 0.3) is 5.91 Å². The van der Waals surface area contributed by atoms with Gasteiger partial charge in [-0.1, -0.05) is 35.4 Å². The second-order valence-corrected chi connectivity index (χ2v) is 10.2. The molecule has 0 saturated heterocycles. The van der Waals surface area contributed by atoms with Gasteiger partial charge in [0.15, 0.2) is 17.0 Å². The summed E-state index contributed by atoms with van der Waals surface area (Å²) in [6.07, 6.45) is 0.769. The second kappa shape index (κ2) is 15.6. The van der Waals surface area contributed by atoms with Gasteiger partial charge in [0.2, 0.25) is 5.90 Å². The molecule has 232 valence electrons. The highest BCUT2D eigenvalue weighted by Crippen LogP contribution is 2.34. The number of aliphatic imine (C=N–C) groups is 1. The summed E-state index contributed by atoms with van der Waals surface area (Å²) < 4.78 is 22.6. The molecule has 0 fully saturated rings. The Morgan fingerprint density at radius 3 is 2.55 bits per heavy atom. The number of aliphatic hydroxyl groups is 1. The third kappa shape index (κ3) is 7.78. The molecule has 1 aliphatic heterocycles. The van der Waals surface area contributed by atoms with Crippen molar-refractivity contribution in [1.29, 1.82) is 0 Å². The van der Waals surface area contributed by atoms with Crippen molar-refractivity contribution in [3.63, 3.8) is 0 Å². The average Bonchev–Trinajstić information content (AvgIpc) is 3.39. The highest BCUT2D eigenvalue weighted by atomic mass is 16.5. The van der Waals surface area contributed by atoms with E-state index in [-0.39, 0.29) is 25.5 Å². The summed E-state index contributed by atoms with van der Waals surface area (Å²) in [4.78, 5) is 21.8. The second-order valence-electron chi connectivity index (χ2n) is 10.2. The number of amides is 1. The molecule has 1 heterocycles. The van der Waals surface area contributed by atoms with E-state index in [1.165, 1.54) is 0 Å². The fourth-order valence-corrected chi connectivity index (χ4v) is 4.92. The van der Waals surface area contributed by atoms with Crippen LogP contribution in [0.2, 0.25) is 0 Å². The molecule has 0 saturated carbocycles. The monoisotopic (exact) mass is 602 g/mol. The average molecular weight is 603 g/mol. The lowest BCUT2D eigenvalue weighted by Crippen LogP contribution is -2.56. The Balaban J connectivity index is 1.55. The number of carbonyl (C=O) groups excluding carboxylic acids is 1. The van der Waals surface area contributed by atoms with Crippen molar-refractivity contribution in [1.82, 2.24) is 10.9 Å². The lowest BCUT2D eigenvalue weighted by Gasteiger charge is -2.29. The first-order valence-corrected chi connectivity index (χ1v) is 14.4. The van der Waals surface area contributed by atoms with Crippen LogP contribution >= 0.6 is 0 Å². The minimum absolute atomic E-state index is 0.0574. The van der Waals surface area contributed by atoms with Crippen molar-refractivity contribution in [2.24, 2.45) is 10.1 Å². The summed E-state index contributed by atoms with van der Waals surface area (Å²) in [6.45, 7) is 2.89. The van der Waals surface area contributed by atoms with E-state index in [2.05, 4.69) is 20.9 Å². The van der Waals surface area contributed by atoms with Crippen LogP contribution in [0.1, 0.15) is 35.6 Å². The fraction of sp³-hybridized carbons (Fsp3) is 0.375. The molecule has 4 rings (SSSR count). The molecule has 12 nitrogen and oxygen atoms in total. The molecule has 44 heavy (non-hydrogen) atoms. The van der Waals surface area contributed by atoms with Gasteiger partial charge in [0.05, 0.1) is 27.4 Å². The predicted octanol–water partition coefficient (Wildman–Crippen LogP) is 4.29. The Kier molecular flexibility index (Phi) is 11.4. The Morgan fingerprint density at radius 1 is 1.09 bits per heavy atom. The van der Waals surface area contributed by atoms with Crippen LogP contribution in [0.4, 0.5) is 0 Å². The van der Waals surface area contributed by atoms with E-state index >= 15 is 0 Å². The predicted molar refractivity (Wildman–Crippen MR) is 166 cm³/mol. The van der Waals surface area contributed by atoms with Crippen LogP contribution in [0.5, 0.6) is 17.2 Å². The number of carbonyl (C=O) groups is 1. The molecule has 0 aliphatic carbocycles. The largest absolute Gasteiger partial charge is 0.494 e. The van der Waals surface area contributed by atoms with E-state index in [9.17, 15) is 4.79 Å². The van der Waals surface area contributed by atoms with E-state index < -0.39 is 11.6 Å². The Morgan fingerprint density at radius 2 is 1.84 bits per heavy atom. The van der Waals surface area contributed by atoms with Gasteiger partial charge in [0.1, 0.15) is 11.9 Å².